The first kappa shape index (κ1) is 26.9. The molecule has 0 bridgehead atoms. The Kier molecular flexibility index (Phi) is 8.43. The number of hydrogen-bond donors (Lipinski definition) is 0. The summed E-state index contributed by atoms with van der Waals surface area (Å²) in [5.74, 6) is 2.04. The minimum absolute atomic E-state index is 0.113. The first-order valence-corrected chi connectivity index (χ1v) is 13.5. The molecular formula is C26H36O8S. The fourth-order valence-electron chi connectivity index (χ4n) is 5.02. The molecule has 1 saturated carbocycles. The Bertz CT molecular complexity index is 1120. The number of benzene rings is 2. The van der Waals surface area contributed by atoms with Gasteiger partial charge in [-0.1, -0.05) is 6.92 Å². The predicted molar refractivity (Wildman–Crippen MR) is 133 cm³/mol. The van der Waals surface area contributed by atoms with E-state index in [4.69, 9.17) is 28.4 Å². The van der Waals surface area contributed by atoms with Crippen molar-refractivity contribution in [3.05, 3.63) is 35.4 Å². The summed E-state index contributed by atoms with van der Waals surface area (Å²) in [5, 5.41) is 0. The van der Waals surface area contributed by atoms with Gasteiger partial charge >= 0.3 is 0 Å². The standard InChI is InChI=1S/C26H36O8S/c1-8-12-34-25-20(29-2)13-17(14-23(25)35(7,27)28)19-10-9-11-26(19,33-6)18-15-21(30-3)24(32-5)22(16-18)31-4/h13-16,19H,8-12H2,1-7H3. The van der Waals surface area contributed by atoms with Crippen LogP contribution in [-0.2, 0) is 20.2 Å². The summed E-state index contributed by atoms with van der Waals surface area (Å²) in [7, 11) is 4.31. The highest BCUT2D eigenvalue weighted by Crippen LogP contribution is 2.55. The maximum atomic E-state index is 12.8. The van der Waals surface area contributed by atoms with Gasteiger partial charge in [0.2, 0.25) is 5.75 Å². The van der Waals surface area contributed by atoms with Crippen LogP contribution in [0.4, 0.5) is 0 Å². The fourth-order valence-corrected chi connectivity index (χ4v) is 5.86. The molecule has 1 aliphatic rings. The van der Waals surface area contributed by atoms with Gasteiger partial charge in [-0.15, -0.1) is 0 Å². The lowest BCUT2D eigenvalue weighted by atomic mass is 9.79. The van der Waals surface area contributed by atoms with Crippen molar-refractivity contribution in [3.8, 4) is 28.7 Å². The van der Waals surface area contributed by atoms with Gasteiger partial charge < -0.3 is 28.4 Å². The van der Waals surface area contributed by atoms with Crippen molar-refractivity contribution >= 4 is 9.84 Å². The van der Waals surface area contributed by atoms with Gasteiger partial charge in [0.1, 0.15) is 4.90 Å². The minimum atomic E-state index is -3.59. The number of hydrogen-bond acceptors (Lipinski definition) is 8. The molecule has 1 aliphatic carbocycles. The second-order valence-electron chi connectivity index (χ2n) is 8.62. The van der Waals surface area contributed by atoms with Crippen molar-refractivity contribution in [3.63, 3.8) is 0 Å². The smallest absolute Gasteiger partial charge is 0.203 e. The molecule has 0 spiro atoms. The molecular weight excluding hydrogens is 472 g/mol. The molecule has 8 nitrogen and oxygen atoms in total. The van der Waals surface area contributed by atoms with Gasteiger partial charge in [0.15, 0.2) is 32.8 Å². The highest BCUT2D eigenvalue weighted by molar-refractivity contribution is 7.90. The Hall–Kier alpha value is -2.65. The number of sulfone groups is 1. The second kappa shape index (κ2) is 11.0. The quantitative estimate of drug-likeness (QED) is 0.431. The van der Waals surface area contributed by atoms with Gasteiger partial charge in [-0.3, -0.25) is 0 Å². The predicted octanol–water partition coefficient (Wildman–Crippen LogP) is 4.72. The van der Waals surface area contributed by atoms with Gasteiger partial charge in [-0.25, -0.2) is 8.42 Å². The molecule has 2 unspecified atom stereocenters. The molecule has 0 heterocycles. The van der Waals surface area contributed by atoms with Gasteiger partial charge in [0.25, 0.3) is 0 Å². The van der Waals surface area contributed by atoms with E-state index in [1.165, 1.54) is 13.4 Å². The summed E-state index contributed by atoms with van der Waals surface area (Å²) in [6.07, 6.45) is 4.34. The van der Waals surface area contributed by atoms with Gasteiger partial charge in [0, 0.05) is 19.3 Å². The van der Waals surface area contributed by atoms with Crippen LogP contribution < -0.4 is 23.7 Å². The Morgan fingerprint density at radius 1 is 0.886 bits per heavy atom. The summed E-state index contributed by atoms with van der Waals surface area (Å²) in [4.78, 5) is 0.113. The molecule has 0 radical (unpaired) electrons. The zero-order valence-electron chi connectivity index (χ0n) is 21.6. The van der Waals surface area contributed by atoms with E-state index in [-0.39, 0.29) is 16.6 Å². The lowest BCUT2D eigenvalue weighted by Crippen LogP contribution is -2.31. The van der Waals surface area contributed by atoms with Crippen molar-refractivity contribution < 1.29 is 36.8 Å². The third-order valence-electron chi connectivity index (χ3n) is 6.64. The number of rotatable bonds is 11. The average molecular weight is 509 g/mol. The third kappa shape index (κ3) is 5.02. The average Bonchev–Trinajstić information content (AvgIpc) is 3.30. The zero-order valence-corrected chi connectivity index (χ0v) is 22.4. The lowest BCUT2D eigenvalue weighted by Gasteiger charge is -2.36. The van der Waals surface area contributed by atoms with Crippen LogP contribution in [0, 0.1) is 0 Å². The van der Waals surface area contributed by atoms with E-state index in [0.717, 1.165) is 36.8 Å². The zero-order chi connectivity index (χ0) is 25.8. The van der Waals surface area contributed by atoms with Gasteiger partial charge in [0.05, 0.1) is 40.6 Å². The largest absolute Gasteiger partial charge is 0.493 e. The Morgan fingerprint density at radius 2 is 1.49 bits per heavy atom. The molecule has 1 fully saturated rings. The van der Waals surface area contributed by atoms with E-state index in [1.54, 1.807) is 34.5 Å². The molecule has 2 aromatic rings. The first-order valence-electron chi connectivity index (χ1n) is 11.6. The molecule has 0 saturated heterocycles. The molecule has 2 aromatic carbocycles. The number of methoxy groups -OCH3 is 5. The SMILES string of the molecule is CCCOc1c(OC)cc(C2CCCC2(OC)c2cc(OC)c(OC)c(OC)c2)cc1S(C)(=O)=O. The molecule has 0 aromatic heterocycles. The van der Waals surface area contributed by atoms with Crippen LogP contribution in [0.25, 0.3) is 0 Å². The molecule has 0 N–H and O–H groups in total. The van der Waals surface area contributed by atoms with Crippen molar-refractivity contribution in [1.82, 2.24) is 0 Å². The molecule has 0 amide bonds. The molecule has 194 valence electrons. The summed E-state index contributed by atoms with van der Waals surface area (Å²) in [6, 6.07) is 7.36. The van der Waals surface area contributed by atoms with Crippen LogP contribution in [-0.4, -0.2) is 56.8 Å². The summed E-state index contributed by atoms with van der Waals surface area (Å²) in [6.45, 7) is 2.35. The molecule has 9 heteroatoms. The highest BCUT2D eigenvalue weighted by atomic mass is 32.2. The molecule has 2 atom stereocenters. The summed E-state index contributed by atoms with van der Waals surface area (Å²) in [5.41, 5.74) is 0.931. The molecule has 0 aliphatic heterocycles. The highest BCUT2D eigenvalue weighted by Gasteiger charge is 2.47. The molecule has 35 heavy (non-hydrogen) atoms. The van der Waals surface area contributed by atoms with E-state index < -0.39 is 15.4 Å². The Balaban J connectivity index is 2.23. The first-order chi connectivity index (χ1) is 16.7. The Labute approximate surface area is 208 Å². The van der Waals surface area contributed by atoms with Crippen LogP contribution in [0.1, 0.15) is 49.7 Å². The third-order valence-corrected chi connectivity index (χ3v) is 7.74. The monoisotopic (exact) mass is 508 g/mol. The second-order valence-corrected chi connectivity index (χ2v) is 10.6. The minimum Gasteiger partial charge on any atom is -0.493 e. The van der Waals surface area contributed by atoms with Gasteiger partial charge in [-0.2, -0.15) is 0 Å². The lowest BCUT2D eigenvalue weighted by molar-refractivity contribution is -0.0242. The Morgan fingerprint density at radius 3 is 1.97 bits per heavy atom. The summed E-state index contributed by atoms with van der Waals surface area (Å²) < 4.78 is 59.9. The van der Waals surface area contributed by atoms with E-state index >= 15 is 0 Å². The summed E-state index contributed by atoms with van der Waals surface area (Å²) >= 11 is 0. The van der Waals surface area contributed by atoms with Crippen LogP contribution in [0.2, 0.25) is 0 Å². The topological polar surface area (TPSA) is 89.5 Å². The normalized spacial score (nSPS) is 19.9. The maximum absolute atomic E-state index is 12.8. The van der Waals surface area contributed by atoms with Crippen LogP contribution in [0.3, 0.4) is 0 Å². The van der Waals surface area contributed by atoms with E-state index in [1.807, 2.05) is 25.1 Å². The van der Waals surface area contributed by atoms with Crippen molar-refractivity contribution in [2.24, 2.45) is 0 Å². The van der Waals surface area contributed by atoms with Crippen molar-refractivity contribution in [2.45, 2.75) is 49.0 Å². The van der Waals surface area contributed by atoms with Crippen LogP contribution in [0.15, 0.2) is 29.2 Å². The number of ether oxygens (including phenoxy) is 6. The van der Waals surface area contributed by atoms with E-state index in [2.05, 4.69) is 0 Å². The van der Waals surface area contributed by atoms with Crippen molar-refractivity contribution in [1.29, 1.82) is 0 Å². The van der Waals surface area contributed by atoms with E-state index in [0.29, 0.717) is 29.6 Å². The van der Waals surface area contributed by atoms with Crippen molar-refractivity contribution in [2.75, 3.05) is 48.4 Å². The van der Waals surface area contributed by atoms with E-state index in [9.17, 15) is 8.42 Å². The maximum Gasteiger partial charge on any atom is 0.203 e. The van der Waals surface area contributed by atoms with Crippen LogP contribution in [0.5, 0.6) is 28.7 Å². The van der Waals surface area contributed by atoms with Gasteiger partial charge in [-0.05, 0) is 61.1 Å². The molecule has 3 rings (SSSR count). The fraction of sp³-hybridized carbons (Fsp3) is 0.538. The van der Waals surface area contributed by atoms with Crippen LogP contribution >= 0.6 is 0 Å².